The highest BCUT2D eigenvalue weighted by Gasteiger charge is 2.33. The van der Waals surface area contributed by atoms with E-state index in [-0.39, 0.29) is 6.03 Å². The van der Waals surface area contributed by atoms with Gasteiger partial charge in [-0.2, -0.15) is 0 Å². The van der Waals surface area contributed by atoms with Gasteiger partial charge in [0.1, 0.15) is 5.76 Å². The van der Waals surface area contributed by atoms with E-state index in [1.165, 1.54) is 12.8 Å². The van der Waals surface area contributed by atoms with Crippen molar-refractivity contribution in [3.05, 3.63) is 42.5 Å². The van der Waals surface area contributed by atoms with Gasteiger partial charge < -0.3 is 19.5 Å². The van der Waals surface area contributed by atoms with E-state index in [1.807, 2.05) is 29.2 Å². The van der Waals surface area contributed by atoms with Gasteiger partial charge in [0.25, 0.3) is 0 Å². The summed E-state index contributed by atoms with van der Waals surface area (Å²) in [5.41, 5.74) is 0.787. The molecule has 4 rings (SSSR count). The molecule has 1 aliphatic heterocycles. The molecule has 0 atom stereocenters. The van der Waals surface area contributed by atoms with Crippen molar-refractivity contribution in [3.8, 4) is 0 Å². The summed E-state index contributed by atoms with van der Waals surface area (Å²) in [6.45, 7) is 2.50. The number of hydrogen-bond donors (Lipinski definition) is 1. The Balaban J connectivity index is 1.50. The summed E-state index contributed by atoms with van der Waals surface area (Å²) in [4.78, 5) is 21.4. The molecule has 0 spiro atoms. The van der Waals surface area contributed by atoms with Crippen LogP contribution >= 0.6 is 0 Å². The number of aromatic nitrogens is 1. The number of carbonyl (C=O) groups excluding carboxylic acids is 1. The highest BCUT2D eigenvalue weighted by molar-refractivity contribution is 5.92. The van der Waals surface area contributed by atoms with Gasteiger partial charge in [-0.25, -0.2) is 9.78 Å². The topological polar surface area (TPSA) is 61.6 Å². The summed E-state index contributed by atoms with van der Waals surface area (Å²) in [7, 11) is 0. The average molecular weight is 326 g/mol. The first-order chi connectivity index (χ1) is 11.8. The van der Waals surface area contributed by atoms with Gasteiger partial charge in [-0.1, -0.05) is 0 Å². The highest BCUT2D eigenvalue weighted by Crippen LogP contribution is 2.31. The monoisotopic (exact) mass is 326 g/mol. The number of rotatable bonds is 5. The lowest BCUT2D eigenvalue weighted by Gasteiger charge is -2.24. The predicted octanol–water partition coefficient (Wildman–Crippen LogP) is 3.47. The molecule has 0 aromatic carbocycles. The van der Waals surface area contributed by atoms with E-state index < -0.39 is 0 Å². The molecule has 2 amide bonds. The summed E-state index contributed by atoms with van der Waals surface area (Å²) in [6.07, 6.45) is 7.89. The van der Waals surface area contributed by atoms with E-state index in [9.17, 15) is 4.79 Å². The van der Waals surface area contributed by atoms with Crippen molar-refractivity contribution in [1.29, 1.82) is 0 Å². The third-order valence-electron chi connectivity index (χ3n) is 4.59. The Labute approximate surface area is 141 Å². The molecule has 2 aliphatic rings. The van der Waals surface area contributed by atoms with E-state index in [4.69, 9.17) is 4.42 Å². The second-order valence-corrected chi connectivity index (χ2v) is 6.44. The van der Waals surface area contributed by atoms with Crippen molar-refractivity contribution in [3.63, 3.8) is 0 Å². The molecule has 0 unspecified atom stereocenters. The van der Waals surface area contributed by atoms with Crippen LogP contribution in [-0.2, 0) is 6.54 Å². The number of furan rings is 1. The molecule has 0 bridgehead atoms. The summed E-state index contributed by atoms with van der Waals surface area (Å²) in [6, 6.07) is 7.77. The molecule has 2 aromatic heterocycles. The van der Waals surface area contributed by atoms with Gasteiger partial charge in [-0.05, 0) is 49.9 Å². The van der Waals surface area contributed by atoms with E-state index in [2.05, 4.69) is 15.2 Å². The normalized spacial score (nSPS) is 17.1. The molecule has 3 heterocycles. The molecule has 6 nitrogen and oxygen atoms in total. The Bertz CT molecular complexity index is 691. The lowest BCUT2D eigenvalue weighted by atomic mass is 10.3. The number of nitrogens with zero attached hydrogens (tertiary/aromatic N) is 3. The molecule has 6 heteroatoms. The van der Waals surface area contributed by atoms with Gasteiger partial charge in [-0.3, -0.25) is 0 Å². The Morgan fingerprint density at radius 3 is 2.83 bits per heavy atom. The molecule has 126 valence electrons. The fourth-order valence-electron chi connectivity index (χ4n) is 3.19. The fraction of sp³-hybridized carbons (Fsp3) is 0.444. The zero-order chi connectivity index (χ0) is 16.4. The molecule has 1 N–H and O–H groups in total. The third kappa shape index (κ3) is 3.22. The molecular formula is C18H22N4O2. The quantitative estimate of drug-likeness (QED) is 0.914. The van der Waals surface area contributed by atoms with E-state index >= 15 is 0 Å². The molecule has 2 fully saturated rings. The standard InChI is InChI=1S/C18H22N4O2/c23-18(22(14-7-8-14)13-15-5-4-12-24-15)20-16-6-3-9-19-17(16)21-10-1-2-11-21/h3-6,9,12,14H,1-2,7-8,10-11,13H2,(H,20,23). The van der Waals surface area contributed by atoms with Crippen LogP contribution in [0.4, 0.5) is 16.3 Å². The van der Waals surface area contributed by atoms with Crippen LogP contribution < -0.4 is 10.2 Å². The maximum atomic E-state index is 12.8. The van der Waals surface area contributed by atoms with Gasteiger partial charge in [0, 0.05) is 25.3 Å². The van der Waals surface area contributed by atoms with Crippen LogP contribution in [0.3, 0.4) is 0 Å². The van der Waals surface area contributed by atoms with Crippen molar-refractivity contribution in [2.24, 2.45) is 0 Å². The minimum Gasteiger partial charge on any atom is -0.467 e. The van der Waals surface area contributed by atoms with Crippen LogP contribution in [0.25, 0.3) is 0 Å². The SMILES string of the molecule is O=C(Nc1cccnc1N1CCCC1)N(Cc1ccco1)C1CC1. The van der Waals surface area contributed by atoms with E-state index in [1.54, 1.807) is 12.5 Å². The molecule has 1 aliphatic carbocycles. The van der Waals surface area contributed by atoms with Crippen molar-refractivity contribution in [2.45, 2.75) is 38.3 Å². The van der Waals surface area contributed by atoms with Crippen LogP contribution in [0.1, 0.15) is 31.4 Å². The number of anilines is 2. The fourth-order valence-corrected chi connectivity index (χ4v) is 3.19. The van der Waals surface area contributed by atoms with Crippen LogP contribution in [-0.4, -0.2) is 35.0 Å². The van der Waals surface area contributed by atoms with Crippen molar-refractivity contribution in [1.82, 2.24) is 9.88 Å². The number of carbonyl (C=O) groups is 1. The second kappa shape index (κ2) is 6.55. The number of urea groups is 1. The summed E-state index contributed by atoms with van der Waals surface area (Å²) < 4.78 is 5.41. The van der Waals surface area contributed by atoms with Crippen molar-refractivity contribution in [2.75, 3.05) is 23.3 Å². The average Bonchev–Trinajstić information content (AvgIpc) is 3.08. The smallest absolute Gasteiger partial charge is 0.322 e. The van der Waals surface area contributed by atoms with E-state index in [0.29, 0.717) is 12.6 Å². The summed E-state index contributed by atoms with van der Waals surface area (Å²) in [5.74, 6) is 1.68. The number of hydrogen-bond acceptors (Lipinski definition) is 4. The van der Waals surface area contributed by atoms with Gasteiger partial charge in [0.15, 0.2) is 5.82 Å². The van der Waals surface area contributed by atoms with Crippen LogP contribution in [0.5, 0.6) is 0 Å². The zero-order valence-corrected chi connectivity index (χ0v) is 13.6. The Kier molecular flexibility index (Phi) is 4.11. The first kappa shape index (κ1) is 15.1. The lowest BCUT2D eigenvalue weighted by Crippen LogP contribution is -2.36. The Hall–Kier alpha value is -2.50. The molecule has 0 radical (unpaired) electrons. The van der Waals surface area contributed by atoms with Crippen molar-refractivity contribution >= 4 is 17.5 Å². The van der Waals surface area contributed by atoms with Gasteiger partial charge in [0.05, 0.1) is 18.5 Å². The molecular weight excluding hydrogens is 304 g/mol. The van der Waals surface area contributed by atoms with Crippen LogP contribution in [0.15, 0.2) is 41.1 Å². The van der Waals surface area contributed by atoms with Crippen molar-refractivity contribution < 1.29 is 9.21 Å². The van der Waals surface area contributed by atoms with Gasteiger partial charge in [0.2, 0.25) is 0 Å². The molecule has 1 saturated carbocycles. The third-order valence-corrected chi connectivity index (χ3v) is 4.59. The van der Waals surface area contributed by atoms with Crippen LogP contribution in [0, 0.1) is 0 Å². The maximum Gasteiger partial charge on any atom is 0.322 e. The zero-order valence-electron chi connectivity index (χ0n) is 13.6. The molecule has 1 saturated heterocycles. The summed E-state index contributed by atoms with van der Waals surface area (Å²) >= 11 is 0. The minimum atomic E-state index is -0.0812. The largest absolute Gasteiger partial charge is 0.467 e. The van der Waals surface area contributed by atoms with Crippen LogP contribution in [0.2, 0.25) is 0 Å². The first-order valence-electron chi connectivity index (χ1n) is 8.61. The van der Waals surface area contributed by atoms with E-state index in [0.717, 1.165) is 43.2 Å². The predicted molar refractivity (Wildman–Crippen MR) is 92.0 cm³/mol. The number of nitrogens with one attached hydrogen (secondary N) is 1. The Morgan fingerprint density at radius 1 is 1.29 bits per heavy atom. The first-order valence-corrected chi connectivity index (χ1v) is 8.61. The molecule has 2 aromatic rings. The maximum absolute atomic E-state index is 12.8. The lowest BCUT2D eigenvalue weighted by molar-refractivity contribution is 0.201. The van der Waals surface area contributed by atoms with Gasteiger partial charge in [-0.15, -0.1) is 0 Å². The highest BCUT2D eigenvalue weighted by atomic mass is 16.3. The molecule has 24 heavy (non-hydrogen) atoms. The van der Waals surface area contributed by atoms with Gasteiger partial charge >= 0.3 is 6.03 Å². The number of pyridine rings is 1. The number of amides is 2. The second-order valence-electron chi connectivity index (χ2n) is 6.44. The Morgan fingerprint density at radius 2 is 2.12 bits per heavy atom. The minimum absolute atomic E-state index is 0.0812. The summed E-state index contributed by atoms with van der Waals surface area (Å²) in [5, 5.41) is 3.06.